The maximum atomic E-state index is 5.76. The second-order valence-corrected chi connectivity index (χ2v) is 7.16. The van der Waals surface area contributed by atoms with Gasteiger partial charge >= 0.3 is 0 Å². The molecular formula is C22H29N3O3. The van der Waals surface area contributed by atoms with Crippen LogP contribution in [0.1, 0.15) is 43.2 Å². The number of allylic oxidation sites excluding steroid dienone is 3. The van der Waals surface area contributed by atoms with Gasteiger partial charge in [-0.3, -0.25) is 0 Å². The second kappa shape index (κ2) is 9.06. The highest BCUT2D eigenvalue weighted by Gasteiger charge is 2.25. The van der Waals surface area contributed by atoms with Gasteiger partial charge in [-0.2, -0.15) is 4.98 Å². The van der Waals surface area contributed by atoms with Gasteiger partial charge < -0.3 is 18.9 Å². The fraction of sp³-hybridized carbons (Fsp3) is 0.455. The summed E-state index contributed by atoms with van der Waals surface area (Å²) in [6, 6.07) is 6.30. The van der Waals surface area contributed by atoms with E-state index in [4.69, 9.17) is 14.0 Å². The first-order chi connectivity index (χ1) is 13.5. The number of rotatable bonds is 8. The van der Waals surface area contributed by atoms with Crippen molar-refractivity contribution < 1.29 is 14.0 Å². The van der Waals surface area contributed by atoms with Crippen LogP contribution in [0.25, 0.3) is 11.4 Å². The molecule has 0 amide bonds. The number of ether oxygens (including phenoxy) is 2. The smallest absolute Gasteiger partial charge is 0.234 e. The maximum absolute atomic E-state index is 5.76. The van der Waals surface area contributed by atoms with Gasteiger partial charge in [-0.25, -0.2) is 0 Å². The van der Waals surface area contributed by atoms with E-state index in [0.29, 0.717) is 31.3 Å². The van der Waals surface area contributed by atoms with Crippen molar-refractivity contribution in [2.45, 2.75) is 39.7 Å². The third-order valence-corrected chi connectivity index (χ3v) is 4.62. The van der Waals surface area contributed by atoms with Gasteiger partial charge in [-0.15, -0.1) is 0 Å². The zero-order valence-corrected chi connectivity index (χ0v) is 17.4. The Kier molecular flexibility index (Phi) is 6.52. The van der Waals surface area contributed by atoms with Crippen LogP contribution >= 0.6 is 0 Å². The summed E-state index contributed by atoms with van der Waals surface area (Å²) < 4.78 is 17.0. The molecule has 0 N–H and O–H groups in total. The second-order valence-electron chi connectivity index (χ2n) is 7.16. The molecule has 0 fully saturated rings. The zero-order valence-electron chi connectivity index (χ0n) is 17.4. The van der Waals surface area contributed by atoms with Gasteiger partial charge in [-0.1, -0.05) is 23.4 Å². The average molecular weight is 383 g/mol. The van der Waals surface area contributed by atoms with Crippen LogP contribution in [-0.4, -0.2) is 42.3 Å². The number of hydrogen-bond donors (Lipinski definition) is 0. The molecule has 0 saturated heterocycles. The normalized spacial score (nSPS) is 16.7. The van der Waals surface area contributed by atoms with Gasteiger partial charge in [0.2, 0.25) is 11.7 Å². The average Bonchev–Trinajstić information content (AvgIpc) is 3.15. The Morgan fingerprint density at radius 1 is 1.18 bits per heavy atom. The third kappa shape index (κ3) is 4.62. The number of benzene rings is 1. The van der Waals surface area contributed by atoms with Crippen LogP contribution in [0.5, 0.6) is 0 Å². The van der Waals surface area contributed by atoms with Crippen molar-refractivity contribution in [3.05, 3.63) is 58.9 Å². The fourth-order valence-corrected chi connectivity index (χ4v) is 3.28. The van der Waals surface area contributed by atoms with E-state index >= 15 is 0 Å². The van der Waals surface area contributed by atoms with Gasteiger partial charge in [0.1, 0.15) is 5.76 Å². The molecule has 3 rings (SSSR count). The van der Waals surface area contributed by atoms with Crippen molar-refractivity contribution in [2.75, 3.05) is 27.3 Å². The van der Waals surface area contributed by atoms with Crippen LogP contribution in [0, 0.1) is 6.92 Å². The van der Waals surface area contributed by atoms with Crippen molar-refractivity contribution in [2.24, 2.45) is 0 Å². The van der Waals surface area contributed by atoms with E-state index in [9.17, 15) is 0 Å². The Morgan fingerprint density at radius 2 is 1.96 bits per heavy atom. The predicted molar refractivity (Wildman–Crippen MR) is 109 cm³/mol. The lowest BCUT2D eigenvalue weighted by molar-refractivity contribution is 0.161. The highest BCUT2D eigenvalue weighted by molar-refractivity contribution is 5.57. The highest BCUT2D eigenvalue weighted by Crippen LogP contribution is 2.33. The summed E-state index contributed by atoms with van der Waals surface area (Å²) >= 11 is 0. The summed E-state index contributed by atoms with van der Waals surface area (Å²) in [6.45, 7) is 8.16. The van der Waals surface area contributed by atoms with Crippen LogP contribution in [-0.2, 0) is 16.0 Å². The first-order valence-electron chi connectivity index (χ1n) is 9.77. The van der Waals surface area contributed by atoms with Crippen molar-refractivity contribution >= 4 is 0 Å². The summed E-state index contributed by atoms with van der Waals surface area (Å²) in [5, 5.41) is 4.20. The van der Waals surface area contributed by atoms with Gasteiger partial charge in [0, 0.05) is 18.5 Å². The molecule has 1 heterocycles. The molecule has 6 nitrogen and oxygen atoms in total. The lowest BCUT2D eigenvalue weighted by Crippen LogP contribution is -2.11. The predicted octanol–water partition coefficient (Wildman–Crippen LogP) is 4.43. The Labute approximate surface area is 166 Å². The largest absolute Gasteiger partial charge is 0.494 e. The van der Waals surface area contributed by atoms with E-state index in [-0.39, 0.29) is 5.92 Å². The first kappa shape index (κ1) is 20.1. The lowest BCUT2D eigenvalue weighted by atomic mass is 9.98. The Balaban J connectivity index is 1.78. The molecule has 1 aliphatic carbocycles. The molecule has 0 bridgehead atoms. The van der Waals surface area contributed by atoms with Gasteiger partial charge in [0.05, 0.1) is 19.1 Å². The quantitative estimate of drug-likeness (QED) is 0.672. The van der Waals surface area contributed by atoms with Crippen molar-refractivity contribution in [3.63, 3.8) is 0 Å². The van der Waals surface area contributed by atoms with Crippen molar-refractivity contribution in [3.8, 4) is 11.4 Å². The molecule has 0 radical (unpaired) electrons. The molecule has 1 aromatic heterocycles. The molecule has 2 aromatic rings. The number of nitrogens with zero attached hydrogens (tertiary/aromatic N) is 3. The molecular weight excluding hydrogens is 354 g/mol. The third-order valence-electron chi connectivity index (χ3n) is 4.62. The van der Waals surface area contributed by atoms with Crippen LogP contribution < -0.4 is 0 Å². The summed E-state index contributed by atoms with van der Waals surface area (Å²) in [5.41, 5.74) is 3.48. The maximum Gasteiger partial charge on any atom is 0.234 e. The summed E-state index contributed by atoms with van der Waals surface area (Å²) in [7, 11) is 4.14. The molecule has 1 unspecified atom stereocenters. The fourth-order valence-electron chi connectivity index (χ4n) is 3.28. The van der Waals surface area contributed by atoms with E-state index in [1.807, 2.05) is 26.0 Å². The van der Waals surface area contributed by atoms with E-state index in [1.165, 1.54) is 11.1 Å². The topological polar surface area (TPSA) is 60.6 Å². The number of aryl methyl sites for hydroxylation is 1. The molecule has 6 heteroatoms. The van der Waals surface area contributed by atoms with Gasteiger partial charge in [0.25, 0.3) is 0 Å². The Bertz CT molecular complexity index is 868. The van der Waals surface area contributed by atoms with Gasteiger partial charge in [0.15, 0.2) is 5.76 Å². The van der Waals surface area contributed by atoms with Gasteiger partial charge in [-0.05, 0) is 58.1 Å². The molecule has 28 heavy (non-hydrogen) atoms. The molecule has 1 atom stereocenters. The summed E-state index contributed by atoms with van der Waals surface area (Å²) in [5.74, 6) is 2.81. The monoisotopic (exact) mass is 383 g/mol. The Hall–Kier alpha value is -2.60. The molecule has 1 aliphatic rings. The van der Waals surface area contributed by atoms with Crippen molar-refractivity contribution in [1.82, 2.24) is 15.0 Å². The molecule has 150 valence electrons. The zero-order chi connectivity index (χ0) is 20.1. The number of hydrogen-bond acceptors (Lipinski definition) is 6. The Morgan fingerprint density at radius 3 is 2.64 bits per heavy atom. The van der Waals surface area contributed by atoms with Crippen LogP contribution in [0.4, 0.5) is 0 Å². The SMILES string of the molecule is CCOC1=C(OCC)CC(c2nc(-c3ccc(CN(C)C)c(C)c3)no2)C=C1. The summed E-state index contributed by atoms with van der Waals surface area (Å²) in [6.07, 6.45) is 4.63. The summed E-state index contributed by atoms with van der Waals surface area (Å²) in [4.78, 5) is 6.80. The number of aromatic nitrogens is 2. The lowest BCUT2D eigenvalue weighted by Gasteiger charge is -2.20. The van der Waals surface area contributed by atoms with E-state index in [1.54, 1.807) is 0 Å². The first-order valence-corrected chi connectivity index (χ1v) is 9.77. The van der Waals surface area contributed by atoms with E-state index in [0.717, 1.165) is 23.6 Å². The minimum Gasteiger partial charge on any atom is -0.494 e. The van der Waals surface area contributed by atoms with E-state index < -0.39 is 0 Å². The van der Waals surface area contributed by atoms with Crippen LogP contribution in [0.2, 0.25) is 0 Å². The molecule has 1 aromatic carbocycles. The minimum atomic E-state index is -0.0129. The molecule has 0 saturated carbocycles. The van der Waals surface area contributed by atoms with Crippen LogP contribution in [0.3, 0.4) is 0 Å². The molecule has 0 aliphatic heterocycles. The highest BCUT2D eigenvalue weighted by atomic mass is 16.5. The van der Waals surface area contributed by atoms with Crippen LogP contribution in [0.15, 0.2) is 46.4 Å². The standard InChI is InChI=1S/C22H29N3O3/c1-6-26-19-11-10-17(13-20(19)27-7-2)22-23-21(24-28-22)16-8-9-18(14-25(4)5)15(3)12-16/h8-12,17H,6-7,13-14H2,1-5H3. The van der Waals surface area contributed by atoms with Crippen molar-refractivity contribution in [1.29, 1.82) is 0 Å². The molecule has 0 spiro atoms. The van der Waals surface area contributed by atoms with E-state index in [2.05, 4.69) is 54.3 Å². The minimum absolute atomic E-state index is 0.0129.